The highest BCUT2D eigenvalue weighted by Gasteiger charge is 2.14. The SMILES string of the molecule is CNC(c1cccc(Cl)c1)c1cccnc1C. The van der Waals surface area contributed by atoms with Gasteiger partial charge in [0.25, 0.3) is 0 Å². The Morgan fingerprint density at radius 3 is 2.71 bits per heavy atom. The van der Waals surface area contributed by atoms with Crippen molar-refractivity contribution < 1.29 is 0 Å². The van der Waals surface area contributed by atoms with E-state index in [1.807, 2.05) is 44.4 Å². The molecule has 0 amide bonds. The molecule has 1 atom stereocenters. The van der Waals surface area contributed by atoms with E-state index in [1.165, 1.54) is 5.56 Å². The fraction of sp³-hybridized carbons (Fsp3) is 0.214. The highest BCUT2D eigenvalue weighted by molar-refractivity contribution is 6.30. The average Bonchev–Trinajstić information content (AvgIpc) is 2.33. The lowest BCUT2D eigenvalue weighted by molar-refractivity contribution is 0.683. The van der Waals surface area contributed by atoms with Gasteiger partial charge >= 0.3 is 0 Å². The fourth-order valence-electron chi connectivity index (χ4n) is 1.99. The Balaban J connectivity index is 2.44. The summed E-state index contributed by atoms with van der Waals surface area (Å²) in [5.74, 6) is 0. The number of hydrogen-bond donors (Lipinski definition) is 1. The molecule has 0 aliphatic carbocycles. The van der Waals surface area contributed by atoms with Crippen molar-refractivity contribution in [3.63, 3.8) is 0 Å². The van der Waals surface area contributed by atoms with Gasteiger partial charge in [-0.3, -0.25) is 4.98 Å². The predicted molar refractivity (Wildman–Crippen MR) is 71.3 cm³/mol. The third-order valence-corrected chi connectivity index (χ3v) is 3.06. The maximum Gasteiger partial charge on any atom is 0.0592 e. The molecule has 0 spiro atoms. The quantitative estimate of drug-likeness (QED) is 0.899. The first-order valence-electron chi connectivity index (χ1n) is 5.56. The monoisotopic (exact) mass is 246 g/mol. The summed E-state index contributed by atoms with van der Waals surface area (Å²) in [6, 6.07) is 12.1. The van der Waals surface area contributed by atoms with Gasteiger partial charge in [-0.1, -0.05) is 29.8 Å². The summed E-state index contributed by atoms with van der Waals surface area (Å²) in [5, 5.41) is 4.06. The molecule has 1 aromatic heterocycles. The van der Waals surface area contributed by atoms with Crippen molar-refractivity contribution in [3.8, 4) is 0 Å². The molecule has 3 heteroatoms. The van der Waals surface area contributed by atoms with Crippen LogP contribution in [0.1, 0.15) is 22.9 Å². The number of aryl methyl sites for hydroxylation is 1. The van der Waals surface area contributed by atoms with Crippen molar-refractivity contribution in [2.24, 2.45) is 0 Å². The molecule has 2 rings (SSSR count). The summed E-state index contributed by atoms with van der Waals surface area (Å²) < 4.78 is 0. The van der Waals surface area contributed by atoms with E-state index in [4.69, 9.17) is 11.6 Å². The van der Waals surface area contributed by atoms with Crippen LogP contribution in [0.5, 0.6) is 0 Å². The molecule has 0 aliphatic rings. The Morgan fingerprint density at radius 2 is 2.06 bits per heavy atom. The second-order valence-corrected chi connectivity index (χ2v) is 4.39. The van der Waals surface area contributed by atoms with Crippen LogP contribution in [0.15, 0.2) is 42.6 Å². The summed E-state index contributed by atoms with van der Waals surface area (Å²) in [5.41, 5.74) is 3.36. The van der Waals surface area contributed by atoms with E-state index in [-0.39, 0.29) is 6.04 Å². The molecule has 1 N–H and O–H groups in total. The lowest BCUT2D eigenvalue weighted by atomic mass is 9.98. The average molecular weight is 247 g/mol. The van der Waals surface area contributed by atoms with Crippen LogP contribution in [0.3, 0.4) is 0 Å². The number of benzene rings is 1. The normalized spacial score (nSPS) is 12.4. The van der Waals surface area contributed by atoms with Gasteiger partial charge in [-0.25, -0.2) is 0 Å². The minimum absolute atomic E-state index is 0.127. The van der Waals surface area contributed by atoms with Crippen LogP contribution in [0, 0.1) is 6.92 Å². The topological polar surface area (TPSA) is 24.9 Å². The number of halogens is 1. The molecular formula is C14H15ClN2. The van der Waals surface area contributed by atoms with E-state index >= 15 is 0 Å². The van der Waals surface area contributed by atoms with Crippen LogP contribution in [0.2, 0.25) is 5.02 Å². The van der Waals surface area contributed by atoms with Crippen molar-refractivity contribution in [2.45, 2.75) is 13.0 Å². The Hall–Kier alpha value is -1.38. The Kier molecular flexibility index (Phi) is 3.77. The lowest BCUT2D eigenvalue weighted by Crippen LogP contribution is -2.19. The van der Waals surface area contributed by atoms with Gasteiger partial charge in [-0.05, 0) is 43.3 Å². The summed E-state index contributed by atoms with van der Waals surface area (Å²) in [7, 11) is 1.94. The van der Waals surface area contributed by atoms with E-state index in [9.17, 15) is 0 Å². The zero-order valence-electron chi connectivity index (χ0n) is 9.94. The van der Waals surface area contributed by atoms with Gasteiger partial charge in [0.1, 0.15) is 0 Å². The fourth-order valence-corrected chi connectivity index (χ4v) is 2.19. The highest BCUT2D eigenvalue weighted by atomic mass is 35.5. The number of aromatic nitrogens is 1. The molecule has 0 bridgehead atoms. The third-order valence-electron chi connectivity index (χ3n) is 2.83. The molecule has 0 aliphatic heterocycles. The highest BCUT2D eigenvalue weighted by Crippen LogP contribution is 2.25. The van der Waals surface area contributed by atoms with E-state index in [0.29, 0.717) is 0 Å². The van der Waals surface area contributed by atoms with Crippen LogP contribution in [0.4, 0.5) is 0 Å². The van der Waals surface area contributed by atoms with Gasteiger partial charge in [-0.15, -0.1) is 0 Å². The summed E-state index contributed by atoms with van der Waals surface area (Å²) in [6.07, 6.45) is 1.81. The lowest BCUT2D eigenvalue weighted by Gasteiger charge is -2.18. The zero-order chi connectivity index (χ0) is 12.3. The van der Waals surface area contributed by atoms with Gasteiger partial charge in [0.15, 0.2) is 0 Å². The van der Waals surface area contributed by atoms with Crippen LogP contribution < -0.4 is 5.32 Å². The molecule has 17 heavy (non-hydrogen) atoms. The minimum atomic E-state index is 0.127. The van der Waals surface area contributed by atoms with Gasteiger partial charge in [0, 0.05) is 16.9 Å². The zero-order valence-corrected chi connectivity index (χ0v) is 10.7. The summed E-state index contributed by atoms with van der Waals surface area (Å²) in [4.78, 5) is 4.32. The number of hydrogen-bond acceptors (Lipinski definition) is 2. The Bertz CT molecular complexity index is 511. The summed E-state index contributed by atoms with van der Waals surface area (Å²) >= 11 is 6.03. The van der Waals surface area contributed by atoms with E-state index in [1.54, 1.807) is 0 Å². The largest absolute Gasteiger partial charge is 0.309 e. The first-order valence-corrected chi connectivity index (χ1v) is 5.94. The van der Waals surface area contributed by atoms with Crippen molar-refractivity contribution >= 4 is 11.6 Å². The van der Waals surface area contributed by atoms with E-state index in [2.05, 4.69) is 22.4 Å². The molecule has 1 heterocycles. The Labute approximate surface area is 107 Å². The molecule has 88 valence electrons. The first-order chi connectivity index (χ1) is 8.22. The third kappa shape index (κ3) is 2.65. The molecule has 0 fully saturated rings. The van der Waals surface area contributed by atoms with Gasteiger partial charge < -0.3 is 5.32 Å². The molecule has 0 radical (unpaired) electrons. The molecule has 0 saturated heterocycles. The standard InChI is InChI=1S/C14H15ClN2/c1-10-13(7-4-8-17-10)14(16-2)11-5-3-6-12(15)9-11/h3-9,14,16H,1-2H3. The van der Waals surface area contributed by atoms with Crippen LogP contribution in [-0.2, 0) is 0 Å². The predicted octanol–water partition coefficient (Wildman–Crippen LogP) is 3.35. The molecule has 1 aromatic carbocycles. The second kappa shape index (κ2) is 5.30. The smallest absolute Gasteiger partial charge is 0.0592 e. The number of pyridine rings is 1. The van der Waals surface area contributed by atoms with Gasteiger partial charge in [-0.2, -0.15) is 0 Å². The molecule has 1 unspecified atom stereocenters. The Morgan fingerprint density at radius 1 is 1.24 bits per heavy atom. The maximum atomic E-state index is 6.03. The van der Waals surface area contributed by atoms with Crippen molar-refractivity contribution in [2.75, 3.05) is 7.05 Å². The van der Waals surface area contributed by atoms with Gasteiger partial charge in [0.2, 0.25) is 0 Å². The minimum Gasteiger partial charge on any atom is -0.309 e. The number of rotatable bonds is 3. The van der Waals surface area contributed by atoms with Crippen LogP contribution in [-0.4, -0.2) is 12.0 Å². The van der Waals surface area contributed by atoms with Crippen LogP contribution >= 0.6 is 11.6 Å². The molecule has 2 nitrogen and oxygen atoms in total. The van der Waals surface area contributed by atoms with E-state index < -0.39 is 0 Å². The van der Waals surface area contributed by atoms with Crippen molar-refractivity contribution in [1.82, 2.24) is 10.3 Å². The molecular weight excluding hydrogens is 232 g/mol. The van der Waals surface area contributed by atoms with E-state index in [0.717, 1.165) is 16.3 Å². The maximum absolute atomic E-state index is 6.03. The van der Waals surface area contributed by atoms with Crippen molar-refractivity contribution in [3.05, 3.63) is 64.4 Å². The second-order valence-electron chi connectivity index (χ2n) is 3.95. The molecule has 0 saturated carbocycles. The number of nitrogens with zero attached hydrogens (tertiary/aromatic N) is 1. The van der Waals surface area contributed by atoms with Crippen LogP contribution in [0.25, 0.3) is 0 Å². The molecule has 2 aromatic rings. The van der Waals surface area contributed by atoms with Crippen molar-refractivity contribution in [1.29, 1.82) is 0 Å². The number of nitrogens with one attached hydrogen (secondary N) is 1. The summed E-state index contributed by atoms with van der Waals surface area (Å²) in [6.45, 7) is 2.02. The first kappa shape index (κ1) is 12.1. The van der Waals surface area contributed by atoms with Gasteiger partial charge in [0.05, 0.1) is 6.04 Å².